The average molecular weight is 256 g/mol. The van der Waals surface area contributed by atoms with Gasteiger partial charge in [0, 0.05) is 26.2 Å². The van der Waals surface area contributed by atoms with E-state index in [0.717, 1.165) is 13.0 Å². The van der Waals surface area contributed by atoms with E-state index in [9.17, 15) is 9.59 Å². The first kappa shape index (κ1) is 14.8. The Labute approximate surface area is 109 Å². The molecule has 2 amide bonds. The van der Waals surface area contributed by atoms with Crippen LogP contribution in [0.5, 0.6) is 0 Å². The summed E-state index contributed by atoms with van der Waals surface area (Å²) in [6.45, 7) is 7.29. The summed E-state index contributed by atoms with van der Waals surface area (Å²) in [5, 5.41) is 9.05. The predicted octanol–water partition coefficient (Wildman–Crippen LogP) is 1.88. The van der Waals surface area contributed by atoms with Crippen LogP contribution < -0.4 is 0 Å². The molecule has 1 aliphatic heterocycles. The summed E-state index contributed by atoms with van der Waals surface area (Å²) in [5.41, 5.74) is 0. The molecule has 1 aliphatic rings. The summed E-state index contributed by atoms with van der Waals surface area (Å²) in [7, 11) is 1.79. The van der Waals surface area contributed by atoms with Crippen LogP contribution in [0, 0.1) is 11.8 Å². The van der Waals surface area contributed by atoms with E-state index in [2.05, 4.69) is 13.8 Å². The highest BCUT2D eigenvalue weighted by molar-refractivity contribution is 5.78. The van der Waals surface area contributed by atoms with Crippen molar-refractivity contribution in [2.75, 3.05) is 20.1 Å². The molecular weight excluding hydrogens is 232 g/mol. The molecule has 0 spiro atoms. The lowest BCUT2D eigenvalue weighted by molar-refractivity contribution is -0.142. The van der Waals surface area contributed by atoms with Crippen LogP contribution in [0.2, 0.25) is 0 Å². The fraction of sp³-hybridized carbons (Fsp3) is 0.846. The van der Waals surface area contributed by atoms with Crippen molar-refractivity contribution in [1.82, 2.24) is 9.80 Å². The average Bonchev–Trinajstić information content (AvgIpc) is 2.69. The maximum absolute atomic E-state index is 12.2. The first-order valence-electron chi connectivity index (χ1n) is 6.63. The molecule has 104 valence electrons. The zero-order chi connectivity index (χ0) is 13.9. The summed E-state index contributed by atoms with van der Waals surface area (Å²) in [4.78, 5) is 26.6. The van der Waals surface area contributed by atoms with E-state index in [0.29, 0.717) is 18.9 Å². The van der Waals surface area contributed by atoms with Crippen LogP contribution in [0.3, 0.4) is 0 Å². The van der Waals surface area contributed by atoms with Crippen molar-refractivity contribution in [3.63, 3.8) is 0 Å². The molecule has 5 heteroatoms. The maximum atomic E-state index is 12.2. The van der Waals surface area contributed by atoms with E-state index in [1.807, 2.05) is 6.92 Å². The Morgan fingerprint density at radius 1 is 1.50 bits per heavy atom. The molecule has 18 heavy (non-hydrogen) atoms. The van der Waals surface area contributed by atoms with Gasteiger partial charge in [-0.05, 0) is 19.3 Å². The Balaban J connectivity index is 2.60. The largest absolute Gasteiger partial charge is 0.481 e. The molecule has 0 aliphatic carbocycles. The van der Waals surface area contributed by atoms with Gasteiger partial charge in [0.05, 0.1) is 5.92 Å². The molecule has 3 atom stereocenters. The molecule has 1 fully saturated rings. The number of urea groups is 1. The third-order valence-electron chi connectivity index (χ3n) is 3.93. The van der Waals surface area contributed by atoms with Crippen LogP contribution in [0.1, 0.15) is 33.6 Å². The number of nitrogens with zero attached hydrogens (tertiary/aromatic N) is 2. The third kappa shape index (κ3) is 3.15. The molecule has 1 heterocycles. The molecule has 0 aromatic heterocycles. The molecule has 0 saturated carbocycles. The zero-order valence-electron chi connectivity index (χ0n) is 11.7. The summed E-state index contributed by atoms with van der Waals surface area (Å²) in [6.07, 6.45) is 1.59. The van der Waals surface area contributed by atoms with Crippen molar-refractivity contribution in [3.05, 3.63) is 0 Å². The number of carbonyl (C=O) groups is 2. The second-order valence-electron chi connectivity index (χ2n) is 5.34. The Morgan fingerprint density at radius 2 is 2.11 bits per heavy atom. The van der Waals surface area contributed by atoms with Gasteiger partial charge in [-0.1, -0.05) is 20.3 Å². The lowest BCUT2D eigenvalue weighted by Crippen LogP contribution is -2.45. The van der Waals surface area contributed by atoms with E-state index in [-0.39, 0.29) is 12.1 Å². The van der Waals surface area contributed by atoms with Gasteiger partial charge >= 0.3 is 12.0 Å². The van der Waals surface area contributed by atoms with Gasteiger partial charge < -0.3 is 14.9 Å². The number of carboxylic acids is 1. The van der Waals surface area contributed by atoms with Crippen LogP contribution in [-0.4, -0.2) is 53.1 Å². The minimum Gasteiger partial charge on any atom is -0.481 e. The molecule has 0 aromatic carbocycles. The van der Waals surface area contributed by atoms with E-state index in [1.54, 1.807) is 16.8 Å². The van der Waals surface area contributed by atoms with Crippen LogP contribution in [0.15, 0.2) is 0 Å². The van der Waals surface area contributed by atoms with Crippen molar-refractivity contribution in [1.29, 1.82) is 0 Å². The highest BCUT2D eigenvalue weighted by atomic mass is 16.4. The fourth-order valence-corrected chi connectivity index (χ4v) is 2.43. The molecule has 0 bridgehead atoms. The highest BCUT2D eigenvalue weighted by Crippen LogP contribution is 2.25. The van der Waals surface area contributed by atoms with Gasteiger partial charge in [0.2, 0.25) is 0 Å². The monoisotopic (exact) mass is 256 g/mol. The number of hydrogen-bond donors (Lipinski definition) is 1. The van der Waals surface area contributed by atoms with Gasteiger partial charge in [0.15, 0.2) is 0 Å². The first-order chi connectivity index (χ1) is 8.38. The summed E-state index contributed by atoms with van der Waals surface area (Å²) in [5.74, 6) is -0.763. The van der Waals surface area contributed by atoms with E-state index in [4.69, 9.17) is 5.11 Å². The van der Waals surface area contributed by atoms with Crippen LogP contribution in [0.25, 0.3) is 0 Å². The van der Waals surface area contributed by atoms with Crippen LogP contribution >= 0.6 is 0 Å². The molecule has 0 aromatic rings. The smallest absolute Gasteiger partial charge is 0.320 e. The van der Waals surface area contributed by atoms with Crippen molar-refractivity contribution in [2.45, 2.75) is 39.7 Å². The summed E-state index contributed by atoms with van der Waals surface area (Å²) < 4.78 is 0. The molecule has 3 unspecified atom stereocenters. The third-order valence-corrected chi connectivity index (χ3v) is 3.93. The quantitative estimate of drug-likeness (QED) is 0.835. The normalized spacial score (nSPS) is 25.0. The second-order valence-corrected chi connectivity index (χ2v) is 5.34. The van der Waals surface area contributed by atoms with Gasteiger partial charge in [0.1, 0.15) is 0 Å². The Bertz CT molecular complexity index is 319. The molecule has 1 N–H and O–H groups in total. The molecule has 0 radical (unpaired) electrons. The summed E-state index contributed by atoms with van der Waals surface area (Å²) >= 11 is 0. The first-order valence-corrected chi connectivity index (χ1v) is 6.63. The number of amides is 2. The number of rotatable bonds is 4. The van der Waals surface area contributed by atoms with E-state index in [1.165, 1.54) is 0 Å². The standard InChI is InChI=1S/C13H24N2O3/c1-5-9(2)8-14(4)13(18)15-7-6-11(10(15)3)12(16)17/h9-11H,5-8H2,1-4H3,(H,16,17). The fourth-order valence-electron chi connectivity index (χ4n) is 2.43. The van der Waals surface area contributed by atoms with Crippen LogP contribution in [0.4, 0.5) is 4.79 Å². The Morgan fingerprint density at radius 3 is 2.56 bits per heavy atom. The van der Waals surface area contributed by atoms with Crippen molar-refractivity contribution in [3.8, 4) is 0 Å². The van der Waals surface area contributed by atoms with Crippen molar-refractivity contribution < 1.29 is 14.7 Å². The van der Waals surface area contributed by atoms with Gasteiger partial charge in [-0.25, -0.2) is 4.79 Å². The Kier molecular flexibility index (Phi) is 4.99. The lowest BCUT2D eigenvalue weighted by Gasteiger charge is -2.30. The number of aliphatic carboxylic acids is 1. The predicted molar refractivity (Wildman–Crippen MR) is 69.4 cm³/mol. The number of carbonyl (C=O) groups excluding carboxylic acids is 1. The topological polar surface area (TPSA) is 60.9 Å². The second kappa shape index (κ2) is 6.07. The van der Waals surface area contributed by atoms with Gasteiger partial charge in [-0.3, -0.25) is 4.79 Å². The number of carboxylic acid groups (broad SMARTS) is 1. The number of likely N-dealkylation sites (tertiary alicyclic amines) is 1. The Hall–Kier alpha value is -1.26. The summed E-state index contributed by atoms with van der Waals surface area (Å²) in [6, 6.07) is -0.263. The highest BCUT2D eigenvalue weighted by Gasteiger charge is 2.39. The van der Waals surface area contributed by atoms with E-state index < -0.39 is 11.9 Å². The molecule has 1 saturated heterocycles. The van der Waals surface area contributed by atoms with E-state index >= 15 is 0 Å². The minimum atomic E-state index is -0.803. The minimum absolute atomic E-state index is 0.0495. The van der Waals surface area contributed by atoms with Gasteiger partial charge in [-0.15, -0.1) is 0 Å². The lowest BCUT2D eigenvalue weighted by atomic mass is 10.0. The van der Waals surface area contributed by atoms with Gasteiger partial charge in [0.25, 0.3) is 0 Å². The van der Waals surface area contributed by atoms with Gasteiger partial charge in [-0.2, -0.15) is 0 Å². The van der Waals surface area contributed by atoms with Crippen molar-refractivity contribution in [2.24, 2.45) is 11.8 Å². The van der Waals surface area contributed by atoms with Crippen molar-refractivity contribution >= 4 is 12.0 Å². The SMILES string of the molecule is CCC(C)CN(C)C(=O)N1CCC(C(=O)O)C1C. The maximum Gasteiger partial charge on any atom is 0.320 e. The van der Waals surface area contributed by atoms with Crippen LogP contribution in [-0.2, 0) is 4.79 Å². The molecule has 5 nitrogen and oxygen atoms in total. The zero-order valence-corrected chi connectivity index (χ0v) is 11.7. The number of hydrogen-bond acceptors (Lipinski definition) is 2. The molecular formula is C13H24N2O3. The molecule has 1 rings (SSSR count).